The molecule has 0 aliphatic heterocycles. The third-order valence-electron chi connectivity index (χ3n) is 4.10. The summed E-state index contributed by atoms with van der Waals surface area (Å²) in [6.45, 7) is 0. The maximum absolute atomic E-state index is 11.5. The molecule has 0 spiro atoms. The molecule has 3 nitrogen and oxygen atoms in total. The Kier molecular flexibility index (Phi) is 2.18. The predicted octanol–water partition coefficient (Wildman–Crippen LogP) is 2.30. The number of benzene rings is 1. The number of hydrogen-bond donors (Lipinski definition) is 1. The third kappa shape index (κ3) is 1.38. The van der Waals surface area contributed by atoms with E-state index in [0.29, 0.717) is 0 Å². The minimum absolute atomic E-state index is 0.652. The molecule has 1 N–H and O–H groups in total. The molecule has 0 bridgehead atoms. The Balaban J connectivity index is 2.21. The number of fused-ring (bicyclic) bond motifs is 1. The molecule has 2 aliphatic carbocycles. The van der Waals surface area contributed by atoms with E-state index < -0.39 is 11.4 Å². The summed E-state index contributed by atoms with van der Waals surface area (Å²) < 4.78 is 5.38. The van der Waals surface area contributed by atoms with Crippen LogP contribution < -0.4 is 4.74 Å². The summed E-state index contributed by atoms with van der Waals surface area (Å²) in [5, 5.41) is 9.45. The Morgan fingerprint density at radius 1 is 1.35 bits per heavy atom. The molecule has 90 valence electrons. The van der Waals surface area contributed by atoms with Crippen molar-refractivity contribution in [1.29, 1.82) is 0 Å². The molecule has 0 aromatic heterocycles. The molecule has 3 rings (SSSR count). The molecule has 0 amide bonds. The minimum Gasteiger partial charge on any atom is -0.496 e. The van der Waals surface area contributed by atoms with Crippen LogP contribution in [-0.2, 0) is 23.1 Å². The van der Waals surface area contributed by atoms with E-state index in [1.165, 1.54) is 11.1 Å². The van der Waals surface area contributed by atoms with Gasteiger partial charge in [0.05, 0.1) is 12.5 Å². The van der Waals surface area contributed by atoms with Crippen molar-refractivity contribution >= 4 is 5.97 Å². The van der Waals surface area contributed by atoms with Gasteiger partial charge in [0.2, 0.25) is 0 Å². The van der Waals surface area contributed by atoms with E-state index in [1.54, 1.807) is 7.11 Å². The van der Waals surface area contributed by atoms with Crippen LogP contribution in [0.1, 0.15) is 36.0 Å². The van der Waals surface area contributed by atoms with Crippen molar-refractivity contribution in [2.24, 2.45) is 0 Å². The van der Waals surface area contributed by atoms with Gasteiger partial charge in [-0.15, -0.1) is 0 Å². The Morgan fingerprint density at radius 2 is 2.12 bits per heavy atom. The van der Waals surface area contributed by atoms with Crippen LogP contribution in [0.2, 0.25) is 0 Å². The molecule has 2 aliphatic rings. The number of rotatable bonds is 3. The van der Waals surface area contributed by atoms with Gasteiger partial charge in [-0.05, 0) is 49.3 Å². The number of carboxylic acids is 1. The van der Waals surface area contributed by atoms with E-state index in [-0.39, 0.29) is 0 Å². The van der Waals surface area contributed by atoms with Crippen molar-refractivity contribution in [3.8, 4) is 5.75 Å². The summed E-state index contributed by atoms with van der Waals surface area (Å²) in [6.07, 6.45) is 4.69. The van der Waals surface area contributed by atoms with Crippen LogP contribution in [0.5, 0.6) is 5.75 Å². The van der Waals surface area contributed by atoms with Crippen molar-refractivity contribution in [3.05, 3.63) is 28.8 Å². The molecule has 0 saturated heterocycles. The highest BCUT2D eigenvalue weighted by Crippen LogP contribution is 2.54. The van der Waals surface area contributed by atoms with E-state index in [4.69, 9.17) is 4.74 Å². The SMILES string of the molecule is COc1ccc2c(c1C1(C(=O)O)CC1)CCC2. The van der Waals surface area contributed by atoms with Crippen molar-refractivity contribution in [1.82, 2.24) is 0 Å². The highest BCUT2D eigenvalue weighted by Gasteiger charge is 2.54. The maximum atomic E-state index is 11.5. The van der Waals surface area contributed by atoms with Gasteiger partial charge in [-0.25, -0.2) is 0 Å². The van der Waals surface area contributed by atoms with Gasteiger partial charge in [0.1, 0.15) is 5.75 Å². The number of aliphatic carboxylic acids is 1. The largest absolute Gasteiger partial charge is 0.496 e. The van der Waals surface area contributed by atoms with Gasteiger partial charge < -0.3 is 9.84 Å². The minimum atomic E-state index is -0.698. The lowest BCUT2D eigenvalue weighted by Gasteiger charge is -2.19. The number of hydrogen-bond acceptors (Lipinski definition) is 2. The van der Waals surface area contributed by atoms with Crippen LogP contribution in [0.3, 0.4) is 0 Å². The lowest BCUT2D eigenvalue weighted by atomic mass is 9.88. The smallest absolute Gasteiger partial charge is 0.314 e. The average Bonchev–Trinajstić information content (AvgIpc) is 2.99. The maximum Gasteiger partial charge on any atom is 0.314 e. The van der Waals surface area contributed by atoms with Crippen LogP contribution >= 0.6 is 0 Å². The second kappa shape index (κ2) is 3.49. The Morgan fingerprint density at radius 3 is 2.71 bits per heavy atom. The number of aryl methyl sites for hydroxylation is 1. The molecular weight excluding hydrogens is 216 g/mol. The van der Waals surface area contributed by atoms with Gasteiger partial charge in [-0.1, -0.05) is 6.07 Å². The fourth-order valence-electron chi connectivity index (χ4n) is 3.04. The first-order valence-corrected chi connectivity index (χ1v) is 6.12. The number of methoxy groups -OCH3 is 1. The zero-order chi connectivity index (χ0) is 12.0. The Labute approximate surface area is 100 Å². The molecule has 1 fully saturated rings. The average molecular weight is 232 g/mol. The quantitative estimate of drug-likeness (QED) is 0.869. The van der Waals surface area contributed by atoms with Gasteiger partial charge >= 0.3 is 5.97 Å². The molecule has 0 heterocycles. The first-order valence-electron chi connectivity index (χ1n) is 6.12. The summed E-state index contributed by atoms with van der Waals surface area (Å²) in [7, 11) is 1.62. The highest BCUT2D eigenvalue weighted by atomic mass is 16.5. The molecule has 0 atom stereocenters. The zero-order valence-electron chi connectivity index (χ0n) is 9.95. The summed E-state index contributed by atoms with van der Waals surface area (Å²) in [6, 6.07) is 4.02. The monoisotopic (exact) mass is 232 g/mol. The Bertz CT molecular complexity index is 486. The first kappa shape index (κ1) is 10.6. The van der Waals surface area contributed by atoms with E-state index in [9.17, 15) is 9.90 Å². The number of carbonyl (C=O) groups is 1. The van der Waals surface area contributed by atoms with Gasteiger partial charge in [-0.2, -0.15) is 0 Å². The number of ether oxygens (including phenoxy) is 1. The fraction of sp³-hybridized carbons (Fsp3) is 0.500. The summed E-state index contributed by atoms with van der Waals surface area (Å²) in [5.74, 6) is 0.0571. The highest BCUT2D eigenvalue weighted by molar-refractivity contribution is 5.87. The van der Waals surface area contributed by atoms with Crippen molar-refractivity contribution in [3.63, 3.8) is 0 Å². The van der Waals surface area contributed by atoms with Crippen molar-refractivity contribution in [2.75, 3.05) is 7.11 Å². The van der Waals surface area contributed by atoms with Crippen LogP contribution in [0.25, 0.3) is 0 Å². The van der Waals surface area contributed by atoms with Crippen LogP contribution in [0.4, 0.5) is 0 Å². The molecule has 1 aromatic rings. The third-order valence-corrected chi connectivity index (χ3v) is 4.10. The normalized spacial score (nSPS) is 19.8. The summed E-state index contributed by atoms with van der Waals surface area (Å²) in [5.41, 5.74) is 2.86. The summed E-state index contributed by atoms with van der Waals surface area (Å²) in [4.78, 5) is 11.5. The molecule has 0 unspecified atom stereocenters. The van der Waals surface area contributed by atoms with Gasteiger partial charge in [0, 0.05) is 5.56 Å². The molecule has 0 radical (unpaired) electrons. The van der Waals surface area contributed by atoms with Gasteiger partial charge in [0.15, 0.2) is 0 Å². The van der Waals surface area contributed by atoms with E-state index in [0.717, 1.165) is 43.4 Å². The van der Waals surface area contributed by atoms with Gasteiger partial charge in [-0.3, -0.25) is 4.79 Å². The first-order chi connectivity index (χ1) is 8.19. The number of carboxylic acid groups (broad SMARTS) is 1. The molecule has 17 heavy (non-hydrogen) atoms. The van der Waals surface area contributed by atoms with E-state index in [2.05, 4.69) is 6.07 Å². The van der Waals surface area contributed by atoms with Crippen LogP contribution in [-0.4, -0.2) is 18.2 Å². The second-order valence-electron chi connectivity index (χ2n) is 5.02. The standard InChI is InChI=1S/C14H16O3/c1-17-11-6-5-9-3-2-4-10(9)12(11)14(7-8-14)13(15)16/h5-6H,2-4,7-8H2,1H3,(H,15,16). The lowest BCUT2D eigenvalue weighted by molar-refractivity contribution is -0.140. The van der Waals surface area contributed by atoms with Crippen LogP contribution in [0, 0.1) is 0 Å². The van der Waals surface area contributed by atoms with E-state index >= 15 is 0 Å². The van der Waals surface area contributed by atoms with Crippen molar-refractivity contribution in [2.45, 2.75) is 37.5 Å². The zero-order valence-corrected chi connectivity index (χ0v) is 9.95. The van der Waals surface area contributed by atoms with Crippen LogP contribution in [0.15, 0.2) is 12.1 Å². The predicted molar refractivity (Wildman–Crippen MR) is 63.6 cm³/mol. The molecule has 3 heteroatoms. The molecule has 1 aromatic carbocycles. The van der Waals surface area contributed by atoms with E-state index in [1.807, 2.05) is 6.07 Å². The fourth-order valence-corrected chi connectivity index (χ4v) is 3.04. The van der Waals surface area contributed by atoms with Crippen molar-refractivity contribution < 1.29 is 14.6 Å². The topological polar surface area (TPSA) is 46.5 Å². The lowest BCUT2D eigenvalue weighted by Crippen LogP contribution is -2.22. The van der Waals surface area contributed by atoms with Gasteiger partial charge in [0.25, 0.3) is 0 Å². The molecular formula is C14H16O3. The Hall–Kier alpha value is -1.51. The summed E-state index contributed by atoms with van der Waals surface area (Å²) >= 11 is 0. The second-order valence-corrected chi connectivity index (χ2v) is 5.02. The molecule has 1 saturated carbocycles.